The van der Waals surface area contributed by atoms with Gasteiger partial charge < -0.3 is 77.0 Å². The number of hydrogen-bond donors (Lipinski definition) is 12. The van der Waals surface area contributed by atoms with Gasteiger partial charge in [0.15, 0.2) is 0 Å². The molecule has 0 aromatic heterocycles. The Kier molecular flexibility index (Phi) is 34.4. The number of nitro groups is 2. The molecule has 13 N–H and O–H groups in total. The van der Waals surface area contributed by atoms with Crippen molar-refractivity contribution in [3.05, 3.63) is 119 Å². The van der Waals surface area contributed by atoms with Crippen LogP contribution in [-0.2, 0) is 32.4 Å². The van der Waals surface area contributed by atoms with Crippen LogP contribution in [0.15, 0.2) is 72.8 Å². The van der Waals surface area contributed by atoms with E-state index in [4.69, 9.17) is 40.0 Å². The molecular formula is C79H122BIN10O19. The third-order valence-corrected chi connectivity index (χ3v) is 24.0. The van der Waals surface area contributed by atoms with Gasteiger partial charge in [-0.2, -0.15) is 10.1 Å². The van der Waals surface area contributed by atoms with Gasteiger partial charge in [-0.15, -0.1) is 0 Å². The Balaban J connectivity index is 0.000000278. The lowest BCUT2D eigenvalue weighted by molar-refractivity contribution is -0.385. The lowest BCUT2D eigenvalue weighted by Gasteiger charge is -2.62. The number of carboxylic acid groups (broad SMARTS) is 1. The Hall–Kier alpha value is -6.57. The number of non-ortho nitro benzene ring substituents is 2. The highest BCUT2D eigenvalue weighted by Gasteiger charge is 2.59. The highest BCUT2D eigenvalue weighted by molar-refractivity contribution is 14.1. The zero-order valence-corrected chi connectivity index (χ0v) is 69.3. The molecule has 4 aromatic rings. The summed E-state index contributed by atoms with van der Waals surface area (Å²) in [6.45, 7) is 25.7. The highest BCUT2D eigenvalue weighted by Crippen LogP contribution is 2.62. The quantitative estimate of drug-likeness (QED) is 0.0119. The van der Waals surface area contributed by atoms with Crippen LogP contribution in [-0.4, -0.2) is 214 Å². The minimum absolute atomic E-state index is 0.00869. The molecule has 2 saturated heterocycles. The predicted octanol–water partition coefficient (Wildman–Crippen LogP) is 7.54. The summed E-state index contributed by atoms with van der Waals surface area (Å²) in [5.74, 6) is 1.02. The molecule has 8 fully saturated rings. The maximum Gasteiger partial charge on any atom is 0.488 e. The summed E-state index contributed by atoms with van der Waals surface area (Å²) in [4.78, 5) is 87.5. The van der Waals surface area contributed by atoms with E-state index in [1.54, 1.807) is 44.2 Å². The number of hydroxylamine groups is 4. The number of ether oxygens (including phenoxy) is 2. The van der Waals surface area contributed by atoms with E-state index in [0.717, 1.165) is 58.8 Å². The molecule has 2 aliphatic heterocycles. The largest absolute Gasteiger partial charge is 0.496 e. The van der Waals surface area contributed by atoms with Crippen LogP contribution >= 0.6 is 22.6 Å². The van der Waals surface area contributed by atoms with Crippen LogP contribution < -0.4 is 41.9 Å². The maximum absolute atomic E-state index is 14.2. The van der Waals surface area contributed by atoms with E-state index in [2.05, 4.69) is 106 Å². The summed E-state index contributed by atoms with van der Waals surface area (Å²) in [5, 5.41) is 106. The molecule has 1 unspecified atom stereocenters. The molecule has 2 heterocycles. The number of rotatable bonds is 27. The molecule has 0 radical (unpaired) electrons. The van der Waals surface area contributed by atoms with Crippen molar-refractivity contribution in [2.45, 2.75) is 202 Å². The van der Waals surface area contributed by atoms with Gasteiger partial charge in [0.05, 0.1) is 71.7 Å². The molecule has 4 bridgehead atoms. The second-order valence-corrected chi connectivity index (χ2v) is 33.7. The van der Waals surface area contributed by atoms with Crippen molar-refractivity contribution in [2.75, 3.05) is 62.2 Å². The van der Waals surface area contributed by atoms with Gasteiger partial charge in [0, 0.05) is 89.1 Å². The van der Waals surface area contributed by atoms with E-state index in [1.807, 2.05) is 64.3 Å². The van der Waals surface area contributed by atoms with Gasteiger partial charge in [-0.3, -0.25) is 44.3 Å². The molecular weight excluding hydrogens is 1530 g/mol. The van der Waals surface area contributed by atoms with Crippen LogP contribution in [0, 0.1) is 87.9 Å². The predicted molar refractivity (Wildman–Crippen MR) is 429 cm³/mol. The topological polar surface area (TPSA) is 417 Å². The van der Waals surface area contributed by atoms with Crippen molar-refractivity contribution in [1.29, 1.82) is 0 Å². The van der Waals surface area contributed by atoms with Crippen LogP contribution in [0.4, 0.5) is 11.4 Å². The Labute approximate surface area is 662 Å². The molecule has 612 valence electrons. The van der Waals surface area contributed by atoms with Crippen LogP contribution in [0.3, 0.4) is 0 Å². The summed E-state index contributed by atoms with van der Waals surface area (Å²) < 4.78 is 12.5. The van der Waals surface area contributed by atoms with Gasteiger partial charge in [0.25, 0.3) is 17.3 Å². The number of aliphatic hydroxyl groups is 4. The first kappa shape index (κ1) is 92.3. The average Bonchev–Trinajstić information content (AvgIpc) is 0.981. The van der Waals surface area contributed by atoms with Gasteiger partial charge in [0.2, 0.25) is 11.8 Å². The minimum Gasteiger partial charge on any atom is -0.496 e. The van der Waals surface area contributed by atoms with E-state index in [9.17, 15) is 59.8 Å². The Morgan fingerprint density at radius 1 is 0.718 bits per heavy atom. The molecule has 110 heavy (non-hydrogen) atoms. The van der Waals surface area contributed by atoms with E-state index in [-0.39, 0.29) is 70.8 Å². The molecule has 12 rings (SSSR count). The molecule has 0 spiro atoms. The highest BCUT2D eigenvalue weighted by atomic mass is 127. The van der Waals surface area contributed by atoms with Crippen LogP contribution in [0.5, 0.6) is 11.5 Å². The Bertz CT molecular complexity index is 3700. The Morgan fingerprint density at radius 2 is 1.17 bits per heavy atom. The molecule has 8 aliphatic rings. The zero-order valence-electron chi connectivity index (χ0n) is 67.2. The molecule has 18 atom stereocenters. The number of aliphatic hydroxyl groups excluding tert-OH is 4. The van der Waals surface area contributed by atoms with E-state index >= 15 is 0 Å². The number of nitrogens with zero attached hydrogens (tertiary/aromatic N) is 5. The van der Waals surface area contributed by atoms with Crippen molar-refractivity contribution in [3.63, 3.8) is 0 Å². The van der Waals surface area contributed by atoms with E-state index in [0.29, 0.717) is 88.4 Å². The number of carbonyl (C=O) groups is 4. The molecule has 29 nitrogen and oxygen atoms in total. The summed E-state index contributed by atoms with van der Waals surface area (Å²) >= 11 is 2.22. The van der Waals surface area contributed by atoms with E-state index in [1.165, 1.54) is 43.6 Å². The Morgan fingerprint density at radius 3 is 1.55 bits per heavy atom. The fourth-order valence-corrected chi connectivity index (χ4v) is 18.1. The van der Waals surface area contributed by atoms with Crippen molar-refractivity contribution in [2.24, 2.45) is 69.8 Å². The number of nitrogens with one attached hydrogen (secondary N) is 4. The lowest BCUT2D eigenvalue weighted by atomic mass is 9.45. The molecule has 6 saturated carbocycles. The van der Waals surface area contributed by atoms with Crippen molar-refractivity contribution in [3.8, 4) is 22.6 Å². The smallest absolute Gasteiger partial charge is 0.488 e. The van der Waals surface area contributed by atoms with Crippen LogP contribution in [0.1, 0.15) is 160 Å². The first-order chi connectivity index (χ1) is 51.6. The number of nitro benzene ring substituents is 2. The summed E-state index contributed by atoms with van der Waals surface area (Å²) in [7, 11) is 8.79. The van der Waals surface area contributed by atoms with Crippen molar-refractivity contribution < 1.29 is 83.8 Å². The maximum atomic E-state index is 14.2. The second kappa shape index (κ2) is 40.9. The zero-order chi connectivity index (χ0) is 82.3. The van der Waals surface area contributed by atoms with Gasteiger partial charge in [0.1, 0.15) is 35.8 Å². The normalized spacial score (nSPS) is 26.4. The number of methoxy groups -OCH3 is 2. The van der Waals surface area contributed by atoms with Gasteiger partial charge >= 0.3 is 13.1 Å². The first-order valence-electron chi connectivity index (χ1n) is 38.2. The van der Waals surface area contributed by atoms with Gasteiger partial charge in [-0.25, -0.2) is 4.79 Å². The number of aromatic carboxylic acids is 1. The summed E-state index contributed by atoms with van der Waals surface area (Å²) in [6, 6.07) is 17.0. The molecule has 31 heteroatoms. The average molecular weight is 1650 g/mol. The number of halogens is 1. The summed E-state index contributed by atoms with van der Waals surface area (Å²) in [5.41, 5.74) is 7.23. The molecule has 6 aliphatic carbocycles. The van der Waals surface area contributed by atoms with Crippen molar-refractivity contribution >= 4 is 70.2 Å². The first-order valence-corrected chi connectivity index (χ1v) is 39.2. The van der Waals surface area contributed by atoms with E-state index < -0.39 is 89.5 Å². The third kappa shape index (κ3) is 22.7. The van der Waals surface area contributed by atoms with Crippen LogP contribution in [0.2, 0.25) is 0 Å². The number of benzene rings is 4. The number of hydrogen-bond acceptors (Lipinski definition) is 23. The number of nitrogens with two attached hydrogens (primary N) is 1. The fraction of sp³-hybridized carbons (Fsp3) is 0.646. The van der Waals surface area contributed by atoms with Crippen molar-refractivity contribution in [1.82, 2.24) is 36.3 Å². The van der Waals surface area contributed by atoms with Crippen LogP contribution in [0.25, 0.3) is 11.1 Å². The number of carbonyl (C=O) groups excluding carboxylic acids is 3. The number of likely N-dealkylation sites (N-methyl/N-ethyl adjacent to an activating group) is 1. The standard InChI is InChI=1S/C40H59N5O8.C25H37IN2O5.C7H6BNO6.C5H13N.C2H7N/c1-22(2)13-29(20-43(7)8)41-38(48)27-14-26(15-30(16-27)45(50)51)31-12-10-11-25(37(31)52-9)19-44-36(35(24(4)47)34(21-46)53-44)39(49)42-33-18-28-17-32(23(33)3)40(28,5)6;1-13-17-9-16(25(17,3)4)10-19(13)27-24(31)22-21(14(2)30)20(12-29)33-28(22)11-15-7-6-8-18(26)23(15)32-5;10-7(11)4-1-5(8(12)13)3-6(2-4)9(14)15;1-3-4-5(2)6;1-3-2/h10-12,14-16,22-24,28-29,32-36,46-47H,13,17-21H2,1-9H3,(H,41,48)(H,42,49);6-8,13-14,16-17,19-22,29-30H,9-12H2,1-5H3,(H,27,31);1-3,12-13H,(H,10,11);5H,3-4,6H2,1-2H3;3H,1-2H3/t23-,24-,28+,29-,32-,33-,34-,35+,36-;13-,14-,16+,17-,19-,20-,21+,22-;;;/m00.../s1. The molecule has 3 amide bonds. The minimum atomic E-state index is -1.94. The third-order valence-electron chi connectivity index (χ3n) is 23.1. The number of amides is 3. The fourth-order valence-electron chi connectivity index (χ4n) is 17.3. The number of para-hydroxylation sites is 2. The SMILES string of the molecule is CCCC(C)N.CNC.COc1c(CN2O[C@@H](CO)[C@@H]([C@H](C)O)[C@H]2C(=O)N[C@H]2C[C@H]3C[C@@H]([C@@H]2C)C3(C)C)cccc1-c1cc(C(=O)N[C@@H](CC(C)C)CN(C)C)cc([N+](=O)[O-])c1.COc1c(I)cccc1CN1O[C@@H](CO)[C@@H]([C@H](C)O)[C@H]1C(=O)N[C@H]1C[C@H]2C[C@@H]([C@@H]1C)C2(C)C.O=C(O)c1cc(B(O)O)cc([N+](=O)[O-])c1. The van der Waals surface area contributed by atoms with Gasteiger partial charge in [-0.05, 0) is 192 Å². The molecule has 4 aromatic carbocycles. The lowest BCUT2D eigenvalue weighted by Crippen LogP contribution is -2.62. The number of fused-ring (bicyclic) bond motifs is 4. The van der Waals surface area contributed by atoms with Gasteiger partial charge in [-0.1, -0.05) is 99.1 Å². The second-order valence-electron chi connectivity index (χ2n) is 32.5. The summed E-state index contributed by atoms with van der Waals surface area (Å²) in [6.07, 6.45) is 4.16. The monoisotopic (exact) mass is 1650 g/mol. The number of carboxylic acids is 1.